The molecule has 0 aliphatic rings. The van der Waals surface area contributed by atoms with Crippen LogP contribution in [0, 0.1) is 6.92 Å². The number of anilines is 1. The molecule has 5 nitrogen and oxygen atoms in total. The molecule has 3 aromatic rings. The molecular formula is C22H28ClN3O2S. The fourth-order valence-corrected chi connectivity index (χ4v) is 4.12. The van der Waals surface area contributed by atoms with E-state index in [0.29, 0.717) is 12.3 Å². The van der Waals surface area contributed by atoms with Gasteiger partial charge in [-0.2, -0.15) is 0 Å². The number of carbonyl (C=O) groups excluding carboxylic acids is 1. The summed E-state index contributed by atoms with van der Waals surface area (Å²) in [5, 5.41) is 0.734. The van der Waals surface area contributed by atoms with Crippen LogP contribution in [-0.4, -0.2) is 48.6 Å². The first-order chi connectivity index (χ1) is 13.6. The van der Waals surface area contributed by atoms with Gasteiger partial charge in [-0.1, -0.05) is 55.5 Å². The highest BCUT2D eigenvalue weighted by molar-refractivity contribution is 7.22. The fraction of sp³-hybridized carbons (Fsp3) is 0.364. The number of rotatable bonds is 9. The number of hydrogen-bond donors (Lipinski definition) is 0. The number of para-hydroxylation sites is 2. The van der Waals surface area contributed by atoms with Gasteiger partial charge in [-0.15, -0.1) is 12.4 Å². The zero-order valence-electron chi connectivity index (χ0n) is 17.1. The van der Waals surface area contributed by atoms with Crippen LogP contribution in [0.4, 0.5) is 5.13 Å². The van der Waals surface area contributed by atoms with Crippen molar-refractivity contribution in [1.82, 2.24) is 9.88 Å². The zero-order chi connectivity index (χ0) is 19.9. The molecule has 7 heteroatoms. The number of halogens is 1. The van der Waals surface area contributed by atoms with Gasteiger partial charge in [0.2, 0.25) is 0 Å². The summed E-state index contributed by atoms with van der Waals surface area (Å²) in [6.07, 6.45) is 0. The quantitative estimate of drug-likeness (QED) is 0.487. The predicted molar refractivity (Wildman–Crippen MR) is 124 cm³/mol. The Hall–Kier alpha value is -2.15. The average molecular weight is 434 g/mol. The Morgan fingerprint density at radius 1 is 1.03 bits per heavy atom. The second kappa shape index (κ2) is 11.1. The lowest BCUT2D eigenvalue weighted by Gasteiger charge is -2.24. The average Bonchev–Trinajstić information content (AvgIpc) is 3.15. The number of ether oxygens (including phenoxy) is 1. The largest absolute Gasteiger partial charge is 0.484 e. The van der Waals surface area contributed by atoms with Gasteiger partial charge in [0.25, 0.3) is 5.91 Å². The molecule has 29 heavy (non-hydrogen) atoms. The van der Waals surface area contributed by atoms with Crippen molar-refractivity contribution >= 4 is 45.0 Å². The van der Waals surface area contributed by atoms with Gasteiger partial charge in [0.15, 0.2) is 11.7 Å². The van der Waals surface area contributed by atoms with E-state index in [9.17, 15) is 4.79 Å². The minimum atomic E-state index is -0.0762. The number of benzene rings is 2. The Bertz CT molecular complexity index is 913. The van der Waals surface area contributed by atoms with Crippen molar-refractivity contribution in [3.8, 4) is 5.75 Å². The molecule has 1 amide bonds. The summed E-state index contributed by atoms with van der Waals surface area (Å²) >= 11 is 1.56. The highest BCUT2D eigenvalue weighted by Crippen LogP contribution is 2.30. The van der Waals surface area contributed by atoms with Crippen molar-refractivity contribution in [2.24, 2.45) is 0 Å². The molecule has 0 aliphatic carbocycles. The van der Waals surface area contributed by atoms with E-state index in [-0.39, 0.29) is 24.9 Å². The summed E-state index contributed by atoms with van der Waals surface area (Å²) in [5.74, 6) is 0.618. The standard InChI is InChI=1S/C22H27N3O2S.ClH/c1-4-24(5-2)14-15-25(20(26)16-27-18-11-7-6-8-12-18)22-23-21-17(3)10-9-13-19(21)28-22;/h6-13H,4-5,14-16H2,1-3H3;1H. The summed E-state index contributed by atoms with van der Waals surface area (Å²) < 4.78 is 6.80. The fourth-order valence-electron chi connectivity index (χ4n) is 3.04. The molecule has 0 spiro atoms. The van der Waals surface area contributed by atoms with Crippen LogP contribution < -0.4 is 9.64 Å². The summed E-state index contributed by atoms with van der Waals surface area (Å²) in [5.41, 5.74) is 2.09. The molecule has 0 fully saturated rings. The van der Waals surface area contributed by atoms with Crippen LogP contribution in [0.5, 0.6) is 5.75 Å². The van der Waals surface area contributed by atoms with Gasteiger partial charge in [-0.25, -0.2) is 4.98 Å². The van der Waals surface area contributed by atoms with Crippen molar-refractivity contribution in [2.45, 2.75) is 20.8 Å². The lowest BCUT2D eigenvalue weighted by Crippen LogP contribution is -2.41. The first kappa shape index (κ1) is 23.1. The van der Waals surface area contributed by atoms with Gasteiger partial charge in [0.1, 0.15) is 5.75 Å². The van der Waals surface area contributed by atoms with Crippen LogP contribution >= 0.6 is 23.7 Å². The number of thiazole rings is 1. The van der Waals surface area contributed by atoms with Gasteiger partial charge < -0.3 is 9.64 Å². The minimum Gasteiger partial charge on any atom is -0.484 e. The maximum atomic E-state index is 13.0. The third kappa shape index (κ3) is 5.92. The highest BCUT2D eigenvalue weighted by atomic mass is 35.5. The Labute approximate surface area is 182 Å². The molecule has 1 heterocycles. The van der Waals surface area contributed by atoms with E-state index in [0.717, 1.165) is 40.5 Å². The topological polar surface area (TPSA) is 45.7 Å². The maximum absolute atomic E-state index is 13.0. The third-order valence-corrected chi connectivity index (χ3v) is 5.82. The second-order valence-electron chi connectivity index (χ2n) is 6.59. The molecular weight excluding hydrogens is 406 g/mol. The first-order valence-electron chi connectivity index (χ1n) is 9.69. The maximum Gasteiger partial charge on any atom is 0.266 e. The molecule has 2 aromatic carbocycles. The Kier molecular flexibility index (Phi) is 8.89. The Morgan fingerprint density at radius 2 is 1.76 bits per heavy atom. The Balaban J connectivity index is 0.00000300. The molecule has 0 atom stereocenters. The number of aromatic nitrogens is 1. The SMILES string of the molecule is CCN(CC)CCN(C(=O)COc1ccccc1)c1nc2c(C)cccc2s1.Cl. The molecule has 1 aromatic heterocycles. The zero-order valence-corrected chi connectivity index (χ0v) is 18.8. The third-order valence-electron chi connectivity index (χ3n) is 4.78. The van der Waals surface area contributed by atoms with Crippen molar-refractivity contribution in [2.75, 3.05) is 37.7 Å². The van der Waals surface area contributed by atoms with Crippen molar-refractivity contribution in [3.05, 3.63) is 54.1 Å². The van der Waals surface area contributed by atoms with E-state index in [2.05, 4.69) is 24.8 Å². The van der Waals surface area contributed by atoms with Crippen LogP contribution in [0.25, 0.3) is 10.2 Å². The molecule has 0 radical (unpaired) electrons. The van der Waals surface area contributed by atoms with E-state index in [4.69, 9.17) is 9.72 Å². The van der Waals surface area contributed by atoms with Gasteiger partial charge in [-0.3, -0.25) is 9.69 Å². The molecule has 0 unspecified atom stereocenters. The summed E-state index contributed by atoms with van der Waals surface area (Å²) in [7, 11) is 0. The molecule has 0 bridgehead atoms. The van der Waals surface area contributed by atoms with E-state index >= 15 is 0 Å². The number of carbonyl (C=O) groups is 1. The van der Waals surface area contributed by atoms with E-state index in [1.807, 2.05) is 49.4 Å². The van der Waals surface area contributed by atoms with Crippen LogP contribution in [0.2, 0.25) is 0 Å². The monoisotopic (exact) mass is 433 g/mol. The summed E-state index contributed by atoms with van der Waals surface area (Å²) in [4.78, 5) is 21.9. The lowest BCUT2D eigenvalue weighted by atomic mass is 10.2. The van der Waals surface area contributed by atoms with Crippen molar-refractivity contribution in [3.63, 3.8) is 0 Å². The molecule has 0 saturated heterocycles. The second-order valence-corrected chi connectivity index (χ2v) is 7.60. The van der Waals surface area contributed by atoms with Crippen LogP contribution in [-0.2, 0) is 4.79 Å². The van der Waals surface area contributed by atoms with Crippen LogP contribution in [0.3, 0.4) is 0 Å². The van der Waals surface area contributed by atoms with Gasteiger partial charge >= 0.3 is 0 Å². The van der Waals surface area contributed by atoms with Crippen molar-refractivity contribution in [1.29, 1.82) is 0 Å². The van der Waals surface area contributed by atoms with E-state index < -0.39 is 0 Å². The van der Waals surface area contributed by atoms with E-state index in [1.165, 1.54) is 0 Å². The van der Waals surface area contributed by atoms with Gasteiger partial charge in [0, 0.05) is 13.1 Å². The van der Waals surface area contributed by atoms with Crippen molar-refractivity contribution < 1.29 is 9.53 Å². The number of amides is 1. The molecule has 0 aliphatic heterocycles. The Morgan fingerprint density at radius 3 is 2.41 bits per heavy atom. The predicted octanol–water partition coefficient (Wildman–Crippen LogP) is 4.78. The number of fused-ring (bicyclic) bond motifs is 1. The minimum absolute atomic E-state index is 0. The molecule has 156 valence electrons. The summed E-state index contributed by atoms with van der Waals surface area (Å²) in [6, 6.07) is 15.6. The molecule has 3 rings (SSSR count). The molecule has 0 N–H and O–H groups in total. The number of hydrogen-bond acceptors (Lipinski definition) is 5. The van der Waals surface area contributed by atoms with Gasteiger partial charge in [0.05, 0.1) is 10.2 Å². The normalized spacial score (nSPS) is 10.8. The highest BCUT2D eigenvalue weighted by Gasteiger charge is 2.21. The summed E-state index contributed by atoms with van der Waals surface area (Å²) in [6.45, 7) is 9.63. The lowest BCUT2D eigenvalue weighted by molar-refractivity contribution is -0.120. The smallest absolute Gasteiger partial charge is 0.266 e. The molecule has 0 saturated carbocycles. The number of nitrogens with zero attached hydrogens (tertiary/aromatic N) is 3. The van der Waals surface area contributed by atoms with E-state index in [1.54, 1.807) is 16.2 Å². The number of likely N-dealkylation sites (N-methyl/N-ethyl adjacent to an activating group) is 1. The van der Waals surface area contributed by atoms with Crippen LogP contribution in [0.15, 0.2) is 48.5 Å². The number of aryl methyl sites for hydroxylation is 1. The van der Waals surface area contributed by atoms with Crippen LogP contribution in [0.1, 0.15) is 19.4 Å². The van der Waals surface area contributed by atoms with Gasteiger partial charge in [-0.05, 0) is 43.8 Å². The first-order valence-corrected chi connectivity index (χ1v) is 10.5.